The zero-order valence-electron chi connectivity index (χ0n) is 18.3. The van der Waals surface area contributed by atoms with Crippen molar-refractivity contribution in [2.45, 2.75) is 64.1 Å². The monoisotopic (exact) mass is 460 g/mol. The molecule has 2 aliphatic heterocycles. The lowest BCUT2D eigenvalue weighted by molar-refractivity contribution is 0.0961. The summed E-state index contributed by atoms with van der Waals surface area (Å²) < 4.78 is 43.5. The zero-order chi connectivity index (χ0) is 23.2. The predicted octanol–water partition coefficient (Wildman–Crippen LogP) is 2.77. The number of amides is 1. The second kappa shape index (κ2) is 8.21. The molecule has 9 nitrogen and oxygen atoms in total. The van der Waals surface area contributed by atoms with E-state index in [1.165, 1.54) is 4.31 Å². The van der Waals surface area contributed by atoms with Crippen LogP contribution in [0.5, 0.6) is 0 Å². The van der Waals surface area contributed by atoms with E-state index in [-0.39, 0.29) is 34.9 Å². The standard InChI is InChI=1S/C21H25FN6O3S/c1-12(2)27-11-23-26-20(27)17-6-5-7-19(24-17)25-21(29)15-9-18-14(8-16(15)22)10-28(13(3)4)32(18,30)31/h7-9,11-13H,5-6,10H2,1-4H3,(H,25,29). The number of carbonyl (C=O) groups excluding carboxylic acids is 1. The molecule has 0 radical (unpaired) electrons. The van der Waals surface area contributed by atoms with Crippen LogP contribution in [0.4, 0.5) is 4.39 Å². The van der Waals surface area contributed by atoms with Gasteiger partial charge in [0.25, 0.3) is 5.91 Å². The number of carbonyl (C=O) groups is 1. The van der Waals surface area contributed by atoms with E-state index >= 15 is 0 Å². The Morgan fingerprint density at radius 3 is 2.62 bits per heavy atom. The van der Waals surface area contributed by atoms with Crippen molar-refractivity contribution in [3.05, 3.63) is 53.1 Å². The summed E-state index contributed by atoms with van der Waals surface area (Å²) in [6, 6.07) is 2.10. The van der Waals surface area contributed by atoms with Crippen LogP contribution in [0.3, 0.4) is 0 Å². The van der Waals surface area contributed by atoms with Gasteiger partial charge in [-0.3, -0.25) is 4.79 Å². The fourth-order valence-corrected chi connectivity index (χ4v) is 5.65. The van der Waals surface area contributed by atoms with Crippen molar-refractivity contribution in [1.82, 2.24) is 24.4 Å². The molecule has 0 aliphatic carbocycles. The van der Waals surface area contributed by atoms with Gasteiger partial charge in [0, 0.05) is 18.6 Å². The van der Waals surface area contributed by atoms with Gasteiger partial charge < -0.3 is 9.88 Å². The molecule has 3 heterocycles. The first-order valence-corrected chi connectivity index (χ1v) is 11.9. The quantitative estimate of drug-likeness (QED) is 0.738. The highest BCUT2D eigenvalue weighted by Crippen LogP contribution is 2.33. The number of hydrogen-bond donors (Lipinski definition) is 1. The van der Waals surface area contributed by atoms with Crippen molar-refractivity contribution in [2.75, 3.05) is 0 Å². The lowest BCUT2D eigenvalue weighted by atomic mass is 10.1. The number of fused-ring (bicyclic) bond motifs is 1. The Hall–Kier alpha value is -2.92. The van der Waals surface area contributed by atoms with Crippen LogP contribution in [0, 0.1) is 5.82 Å². The molecule has 0 fully saturated rings. The summed E-state index contributed by atoms with van der Waals surface area (Å²) >= 11 is 0. The minimum atomic E-state index is -3.78. The van der Waals surface area contributed by atoms with E-state index in [0.717, 1.165) is 12.1 Å². The van der Waals surface area contributed by atoms with Gasteiger partial charge in [0.2, 0.25) is 10.0 Å². The SMILES string of the molecule is CC(C)N1Cc2cc(F)c(C(=O)NC3=CCCC(c4nncn4C(C)C)=N3)cc2S1(=O)=O. The van der Waals surface area contributed by atoms with E-state index in [9.17, 15) is 17.6 Å². The number of aliphatic imine (C=N–C) groups is 1. The maximum atomic E-state index is 14.7. The highest BCUT2D eigenvalue weighted by molar-refractivity contribution is 7.89. The number of allylic oxidation sites excluding steroid dienone is 1. The van der Waals surface area contributed by atoms with E-state index in [2.05, 4.69) is 20.5 Å². The molecule has 0 saturated heterocycles. The molecule has 2 aliphatic rings. The Labute approximate surface area is 186 Å². The fourth-order valence-electron chi connectivity index (χ4n) is 3.82. The van der Waals surface area contributed by atoms with E-state index in [1.807, 2.05) is 18.4 Å². The summed E-state index contributed by atoms with van der Waals surface area (Å²) in [7, 11) is -3.78. The highest BCUT2D eigenvalue weighted by Gasteiger charge is 2.37. The lowest BCUT2D eigenvalue weighted by Gasteiger charge is -2.18. The minimum Gasteiger partial charge on any atom is -0.310 e. The first-order chi connectivity index (χ1) is 15.1. The first kappa shape index (κ1) is 22.3. The number of nitrogens with zero attached hydrogens (tertiary/aromatic N) is 5. The van der Waals surface area contributed by atoms with Gasteiger partial charge >= 0.3 is 0 Å². The molecule has 0 unspecified atom stereocenters. The molecule has 4 rings (SSSR count). The van der Waals surface area contributed by atoms with Crippen molar-refractivity contribution in [1.29, 1.82) is 0 Å². The number of rotatable bonds is 5. The number of sulfonamides is 1. The summed E-state index contributed by atoms with van der Waals surface area (Å²) in [6.07, 6.45) is 4.60. The van der Waals surface area contributed by atoms with Crippen LogP contribution in [0.15, 0.2) is 40.2 Å². The average molecular weight is 461 g/mol. The average Bonchev–Trinajstić information content (AvgIpc) is 3.30. The molecule has 170 valence electrons. The molecule has 1 N–H and O–H groups in total. The van der Waals surface area contributed by atoms with Crippen LogP contribution in [-0.4, -0.2) is 45.1 Å². The van der Waals surface area contributed by atoms with Crippen LogP contribution in [0.25, 0.3) is 0 Å². The van der Waals surface area contributed by atoms with Gasteiger partial charge in [-0.2, -0.15) is 4.31 Å². The van der Waals surface area contributed by atoms with Gasteiger partial charge in [0.1, 0.15) is 18.0 Å². The molecule has 0 atom stereocenters. The Bertz CT molecular complexity index is 1250. The van der Waals surface area contributed by atoms with E-state index in [0.29, 0.717) is 29.9 Å². The molecule has 1 amide bonds. The molecular weight excluding hydrogens is 435 g/mol. The largest absolute Gasteiger partial charge is 0.310 e. The number of hydrogen-bond acceptors (Lipinski definition) is 6. The van der Waals surface area contributed by atoms with Crippen LogP contribution < -0.4 is 5.32 Å². The normalized spacial score (nSPS) is 18.0. The summed E-state index contributed by atoms with van der Waals surface area (Å²) in [6.45, 7) is 7.58. The highest BCUT2D eigenvalue weighted by atomic mass is 32.2. The molecule has 0 spiro atoms. The summed E-state index contributed by atoms with van der Waals surface area (Å²) in [5, 5.41) is 10.7. The smallest absolute Gasteiger partial charge is 0.259 e. The predicted molar refractivity (Wildman–Crippen MR) is 116 cm³/mol. The topological polar surface area (TPSA) is 110 Å². The number of nitrogens with one attached hydrogen (secondary N) is 1. The van der Waals surface area contributed by atoms with Crippen molar-refractivity contribution in [3.8, 4) is 0 Å². The van der Waals surface area contributed by atoms with Gasteiger partial charge in [-0.25, -0.2) is 17.8 Å². The van der Waals surface area contributed by atoms with Crippen LogP contribution in [0.1, 0.15) is 68.3 Å². The van der Waals surface area contributed by atoms with Crippen LogP contribution in [0.2, 0.25) is 0 Å². The second-order valence-electron chi connectivity index (χ2n) is 8.38. The molecular formula is C21H25FN6O3S. The van der Waals surface area contributed by atoms with E-state index < -0.39 is 21.7 Å². The molecule has 1 aromatic carbocycles. The van der Waals surface area contributed by atoms with Gasteiger partial charge in [-0.15, -0.1) is 10.2 Å². The Kier molecular flexibility index (Phi) is 5.72. The minimum absolute atomic E-state index is 0.0374. The molecule has 0 saturated carbocycles. The summed E-state index contributed by atoms with van der Waals surface area (Å²) in [4.78, 5) is 17.3. The maximum Gasteiger partial charge on any atom is 0.259 e. The zero-order valence-corrected chi connectivity index (χ0v) is 19.1. The van der Waals surface area contributed by atoms with E-state index in [1.54, 1.807) is 26.3 Å². The molecule has 2 aromatic rings. The number of benzene rings is 1. The van der Waals surface area contributed by atoms with Gasteiger partial charge in [-0.05, 0) is 64.3 Å². The second-order valence-corrected chi connectivity index (χ2v) is 10.2. The Balaban J connectivity index is 1.60. The maximum absolute atomic E-state index is 14.7. The summed E-state index contributed by atoms with van der Waals surface area (Å²) in [5.74, 6) is -0.656. The fraction of sp³-hybridized carbons (Fsp3) is 0.429. The van der Waals surface area contributed by atoms with Crippen molar-refractivity contribution in [3.63, 3.8) is 0 Å². The van der Waals surface area contributed by atoms with Gasteiger partial charge in [0.05, 0.1) is 16.2 Å². The first-order valence-electron chi connectivity index (χ1n) is 10.4. The number of halogens is 1. The molecule has 1 aromatic heterocycles. The van der Waals surface area contributed by atoms with Crippen molar-refractivity contribution in [2.24, 2.45) is 4.99 Å². The van der Waals surface area contributed by atoms with E-state index in [4.69, 9.17) is 0 Å². The van der Waals surface area contributed by atoms with Crippen LogP contribution >= 0.6 is 0 Å². The van der Waals surface area contributed by atoms with Gasteiger partial charge in [0.15, 0.2) is 5.82 Å². The third-order valence-electron chi connectivity index (χ3n) is 5.49. The van der Waals surface area contributed by atoms with Crippen molar-refractivity contribution < 1.29 is 17.6 Å². The van der Waals surface area contributed by atoms with Crippen molar-refractivity contribution >= 4 is 21.6 Å². The molecule has 11 heteroatoms. The molecule has 32 heavy (non-hydrogen) atoms. The van der Waals surface area contributed by atoms with Crippen LogP contribution in [-0.2, 0) is 16.6 Å². The lowest BCUT2D eigenvalue weighted by Crippen LogP contribution is -2.31. The third kappa shape index (κ3) is 3.86. The Morgan fingerprint density at radius 1 is 1.19 bits per heavy atom. The molecule has 0 bridgehead atoms. The summed E-state index contributed by atoms with van der Waals surface area (Å²) in [5.41, 5.74) is 0.669. The number of aromatic nitrogens is 3. The third-order valence-corrected chi connectivity index (χ3v) is 7.59. The van der Waals surface area contributed by atoms with Gasteiger partial charge in [-0.1, -0.05) is 0 Å². The Morgan fingerprint density at radius 2 is 1.94 bits per heavy atom.